The Kier molecular flexibility index (Phi) is 3.63. The van der Waals surface area contributed by atoms with Crippen LogP contribution in [0.3, 0.4) is 0 Å². The summed E-state index contributed by atoms with van der Waals surface area (Å²) in [7, 11) is 0. The fourth-order valence-corrected chi connectivity index (χ4v) is 2.53. The number of nitrogens with one attached hydrogen (secondary N) is 1. The molecule has 4 rings (SSSR count). The number of hydrogen-bond donors (Lipinski definition) is 1. The van der Waals surface area contributed by atoms with Crippen LogP contribution in [0.4, 0.5) is 11.5 Å². The third-order valence-electron chi connectivity index (χ3n) is 3.79. The molecule has 0 aliphatic carbocycles. The molecule has 0 spiro atoms. The molecule has 0 aliphatic heterocycles. The van der Waals surface area contributed by atoms with Gasteiger partial charge < -0.3 is 5.32 Å². The van der Waals surface area contributed by atoms with Gasteiger partial charge in [0.15, 0.2) is 5.65 Å². The van der Waals surface area contributed by atoms with Crippen LogP contribution in [0.25, 0.3) is 11.0 Å². The molecule has 1 N–H and O–H groups in total. The molecule has 0 radical (unpaired) electrons. The Morgan fingerprint density at radius 2 is 1.88 bits per heavy atom. The summed E-state index contributed by atoms with van der Waals surface area (Å²) in [6.45, 7) is 2.64. The first kappa shape index (κ1) is 14.3. The summed E-state index contributed by atoms with van der Waals surface area (Å²) in [6, 6.07) is 14.0. The minimum Gasteiger partial charge on any atom is -0.340 e. The topological polar surface area (TPSA) is 68.5 Å². The van der Waals surface area contributed by atoms with Gasteiger partial charge in [-0.15, -0.1) is 0 Å². The number of aryl methyl sites for hydroxylation is 1. The summed E-state index contributed by atoms with van der Waals surface area (Å²) >= 11 is 0. The van der Waals surface area contributed by atoms with Gasteiger partial charge in [0, 0.05) is 11.9 Å². The third kappa shape index (κ3) is 2.81. The van der Waals surface area contributed by atoms with Crippen molar-refractivity contribution in [3.8, 4) is 0 Å². The Morgan fingerprint density at radius 3 is 2.67 bits per heavy atom. The number of fused-ring (bicyclic) bond motifs is 1. The van der Waals surface area contributed by atoms with Crippen LogP contribution in [0.15, 0.2) is 61.2 Å². The second-order valence-corrected chi connectivity index (χ2v) is 5.57. The summed E-state index contributed by atoms with van der Waals surface area (Å²) in [5.41, 5.74) is 3.93. The van der Waals surface area contributed by atoms with E-state index >= 15 is 0 Å². The minimum absolute atomic E-state index is 0.575. The quantitative estimate of drug-likeness (QED) is 0.625. The summed E-state index contributed by atoms with van der Waals surface area (Å²) in [5.74, 6) is 0.746. The molecular weight excluding hydrogens is 300 g/mol. The molecule has 0 unspecified atom stereocenters. The normalized spacial score (nSPS) is 10.9. The largest absolute Gasteiger partial charge is 0.340 e. The van der Waals surface area contributed by atoms with Crippen LogP contribution >= 0.6 is 0 Å². The molecule has 0 saturated carbocycles. The van der Waals surface area contributed by atoms with E-state index in [0.717, 1.165) is 28.2 Å². The van der Waals surface area contributed by atoms with Gasteiger partial charge >= 0.3 is 0 Å². The van der Waals surface area contributed by atoms with Gasteiger partial charge in [0.25, 0.3) is 0 Å². The minimum atomic E-state index is 0.575. The number of hydrogen-bond acceptors (Lipinski definition) is 5. The van der Waals surface area contributed by atoms with Gasteiger partial charge in [-0.2, -0.15) is 5.10 Å². The predicted molar refractivity (Wildman–Crippen MR) is 93.1 cm³/mol. The standard InChI is InChI=1S/C18H16N6/c1-13-5-7-14(8-6-13)23-17-16-10-22-24(18(16)21-12-20-17)11-15-4-2-3-9-19-15/h2-10,12H,11H2,1H3,(H,20,21,23). The van der Waals surface area contributed by atoms with E-state index in [0.29, 0.717) is 6.54 Å². The molecule has 0 saturated heterocycles. The third-order valence-corrected chi connectivity index (χ3v) is 3.79. The highest BCUT2D eigenvalue weighted by Gasteiger charge is 2.10. The zero-order valence-corrected chi connectivity index (χ0v) is 13.2. The number of aromatic nitrogens is 5. The smallest absolute Gasteiger partial charge is 0.163 e. The maximum atomic E-state index is 4.44. The number of benzene rings is 1. The van der Waals surface area contributed by atoms with Crippen LogP contribution in [-0.2, 0) is 6.54 Å². The molecule has 3 aromatic heterocycles. The Bertz CT molecular complexity index is 960. The van der Waals surface area contributed by atoms with Crippen molar-refractivity contribution in [2.45, 2.75) is 13.5 Å². The van der Waals surface area contributed by atoms with Crippen LogP contribution in [0.5, 0.6) is 0 Å². The molecule has 1 aromatic carbocycles. The predicted octanol–water partition coefficient (Wildman–Crippen LogP) is 3.32. The number of anilines is 2. The maximum absolute atomic E-state index is 4.44. The second-order valence-electron chi connectivity index (χ2n) is 5.57. The SMILES string of the molecule is Cc1ccc(Nc2ncnc3c2cnn3Cc2ccccn2)cc1. The van der Waals surface area contributed by atoms with Crippen LogP contribution in [0.1, 0.15) is 11.3 Å². The maximum Gasteiger partial charge on any atom is 0.163 e. The average Bonchev–Trinajstić information content (AvgIpc) is 3.02. The van der Waals surface area contributed by atoms with E-state index in [2.05, 4.69) is 44.4 Å². The highest BCUT2D eigenvalue weighted by molar-refractivity contribution is 5.88. The van der Waals surface area contributed by atoms with Crippen LogP contribution in [0.2, 0.25) is 0 Å². The molecule has 6 nitrogen and oxygen atoms in total. The molecule has 3 heterocycles. The van der Waals surface area contributed by atoms with E-state index in [1.54, 1.807) is 18.7 Å². The summed E-state index contributed by atoms with van der Waals surface area (Å²) < 4.78 is 1.83. The average molecular weight is 316 g/mol. The van der Waals surface area contributed by atoms with Gasteiger partial charge in [0.05, 0.1) is 23.8 Å². The Hall–Kier alpha value is -3.28. The van der Waals surface area contributed by atoms with Crippen LogP contribution < -0.4 is 5.32 Å². The van der Waals surface area contributed by atoms with Crippen molar-refractivity contribution >= 4 is 22.5 Å². The van der Waals surface area contributed by atoms with Gasteiger partial charge in [0.1, 0.15) is 12.1 Å². The molecule has 0 bridgehead atoms. The molecule has 0 fully saturated rings. The molecule has 0 atom stereocenters. The van der Waals surface area contributed by atoms with Crippen LogP contribution in [0, 0.1) is 6.92 Å². The van der Waals surface area contributed by atoms with Crippen molar-refractivity contribution < 1.29 is 0 Å². The van der Waals surface area contributed by atoms with E-state index in [9.17, 15) is 0 Å². The highest BCUT2D eigenvalue weighted by atomic mass is 15.3. The summed E-state index contributed by atoms with van der Waals surface area (Å²) in [4.78, 5) is 13.1. The Labute approximate surface area is 139 Å². The van der Waals surface area contributed by atoms with Crippen molar-refractivity contribution in [1.82, 2.24) is 24.7 Å². The summed E-state index contributed by atoms with van der Waals surface area (Å²) in [5, 5.41) is 8.66. The first-order valence-electron chi connectivity index (χ1n) is 7.70. The van der Waals surface area contributed by atoms with Gasteiger partial charge in [-0.3, -0.25) is 4.98 Å². The fraction of sp³-hybridized carbons (Fsp3) is 0.111. The Morgan fingerprint density at radius 1 is 1.00 bits per heavy atom. The number of pyridine rings is 1. The van der Waals surface area contributed by atoms with Gasteiger partial charge in [-0.1, -0.05) is 23.8 Å². The van der Waals surface area contributed by atoms with E-state index in [1.807, 2.05) is 35.0 Å². The molecular formula is C18H16N6. The first-order valence-corrected chi connectivity index (χ1v) is 7.70. The first-order chi connectivity index (χ1) is 11.8. The zero-order chi connectivity index (χ0) is 16.4. The van der Waals surface area contributed by atoms with Crippen molar-refractivity contribution in [1.29, 1.82) is 0 Å². The van der Waals surface area contributed by atoms with E-state index in [1.165, 1.54) is 5.56 Å². The highest BCUT2D eigenvalue weighted by Crippen LogP contribution is 2.23. The van der Waals surface area contributed by atoms with Crippen molar-refractivity contribution in [3.63, 3.8) is 0 Å². The van der Waals surface area contributed by atoms with Crippen LogP contribution in [-0.4, -0.2) is 24.7 Å². The lowest BCUT2D eigenvalue weighted by molar-refractivity contribution is 0.689. The molecule has 4 aromatic rings. The number of nitrogens with zero attached hydrogens (tertiary/aromatic N) is 5. The molecule has 24 heavy (non-hydrogen) atoms. The van der Waals surface area contributed by atoms with E-state index in [-0.39, 0.29) is 0 Å². The number of rotatable bonds is 4. The van der Waals surface area contributed by atoms with E-state index < -0.39 is 0 Å². The van der Waals surface area contributed by atoms with Gasteiger partial charge in [-0.05, 0) is 31.2 Å². The molecule has 0 amide bonds. The molecule has 0 aliphatic rings. The molecule has 6 heteroatoms. The van der Waals surface area contributed by atoms with Gasteiger partial charge in [0.2, 0.25) is 0 Å². The summed E-state index contributed by atoms with van der Waals surface area (Å²) in [6.07, 6.45) is 5.12. The van der Waals surface area contributed by atoms with Crippen molar-refractivity contribution in [2.24, 2.45) is 0 Å². The fourth-order valence-electron chi connectivity index (χ4n) is 2.53. The lowest BCUT2D eigenvalue weighted by Gasteiger charge is -2.07. The molecule has 118 valence electrons. The Balaban J connectivity index is 1.67. The monoisotopic (exact) mass is 316 g/mol. The van der Waals surface area contributed by atoms with Gasteiger partial charge in [-0.25, -0.2) is 14.6 Å². The van der Waals surface area contributed by atoms with E-state index in [4.69, 9.17) is 0 Å². The zero-order valence-electron chi connectivity index (χ0n) is 13.2. The lowest BCUT2D eigenvalue weighted by atomic mass is 10.2. The second kappa shape index (κ2) is 6.08. The van der Waals surface area contributed by atoms with Crippen molar-refractivity contribution in [3.05, 3.63) is 72.4 Å². The lowest BCUT2D eigenvalue weighted by Crippen LogP contribution is -2.04. The van der Waals surface area contributed by atoms with Crippen molar-refractivity contribution in [2.75, 3.05) is 5.32 Å².